The molecule has 0 saturated carbocycles. The molecular weight excluding hydrogens is 549 g/mol. The lowest BCUT2D eigenvalue weighted by molar-refractivity contribution is -0.870. The van der Waals surface area contributed by atoms with Crippen LogP contribution in [0.2, 0.25) is 0 Å². The maximum absolute atomic E-state index is 12.2. The number of ketones is 1. The molecule has 0 aromatic carbocycles. The molecule has 1 N–H and O–H groups in total. The van der Waals surface area contributed by atoms with Gasteiger partial charge in [-0.25, -0.2) is 4.57 Å². The second kappa shape index (κ2) is 23.2. The predicted octanol–water partition coefficient (Wildman–Crippen LogP) is 5.63. The number of allylic oxidation sites excluding steroid dienone is 8. The Balaban J connectivity index is 4.36. The van der Waals surface area contributed by atoms with Crippen molar-refractivity contribution in [1.29, 1.82) is 0 Å². The van der Waals surface area contributed by atoms with Crippen molar-refractivity contribution in [3.05, 3.63) is 48.6 Å². The molecule has 234 valence electrons. The van der Waals surface area contributed by atoms with Crippen LogP contribution in [0.25, 0.3) is 0 Å². The molecule has 1 unspecified atom stereocenters. The van der Waals surface area contributed by atoms with E-state index in [0.29, 0.717) is 11.0 Å². The van der Waals surface area contributed by atoms with Gasteiger partial charge in [0.25, 0.3) is 0 Å². The first-order valence-electron chi connectivity index (χ1n) is 14.3. The van der Waals surface area contributed by atoms with Gasteiger partial charge in [0.15, 0.2) is 11.9 Å². The number of hydrogen-bond donors (Lipinski definition) is 1. The lowest BCUT2D eigenvalue weighted by Crippen LogP contribution is -2.37. The Morgan fingerprint density at radius 1 is 0.878 bits per heavy atom. The molecule has 0 heterocycles. The standard InChI is InChI=1S/C30H50NO9P/c1-6-7-8-9-10-11-12-13-14-15-16-17-18-20-28(33)21-19-22-30(34)40-29(25-37-27(2)32)26-39-41(35,36)38-24-23-31(3,4)5/h10-11,13-14,16-18,20,29H,6-9,12,15,19,21-26H2,1-5H3/p+1/b11-10-,14-13-,17-16-,20-18+/t29-/m1/s1. The van der Waals surface area contributed by atoms with E-state index in [1.165, 1.54) is 32.3 Å². The van der Waals surface area contributed by atoms with Crippen LogP contribution in [0.5, 0.6) is 0 Å². The van der Waals surface area contributed by atoms with Crippen LogP contribution < -0.4 is 0 Å². The van der Waals surface area contributed by atoms with Gasteiger partial charge in [-0.1, -0.05) is 62.3 Å². The third kappa shape index (κ3) is 27.6. The number of carbonyl (C=O) groups is 3. The Hall–Kier alpha value is -2.36. The van der Waals surface area contributed by atoms with Crippen LogP contribution in [0.4, 0.5) is 0 Å². The van der Waals surface area contributed by atoms with E-state index in [9.17, 15) is 23.8 Å². The molecule has 0 amide bonds. The highest BCUT2D eigenvalue weighted by Crippen LogP contribution is 2.43. The van der Waals surface area contributed by atoms with Gasteiger partial charge in [-0.3, -0.25) is 23.4 Å². The van der Waals surface area contributed by atoms with Gasteiger partial charge in [-0.15, -0.1) is 0 Å². The maximum atomic E-state index is 12.2. The van der Waals surface area contributed by atoms with Crippen molar-refractivity contribution in [1.82, 2.24) is 0 Å². The molecule has 2 atom stereocenters. The number of unbranched alkanes of at least 4 members (excludes halogenated alkanes) is 3. The number of likely N-dealkylation sites (N-methyl/N-ethyl adjacent to an activating group) is 1. The van der Waals surface area contributed by atoms with Crippen LogP contribution in [0.15, 0.2) is 48.6 Å². The lowest BCUT2D eigenvalue weighted by atomic mass is 10.1. The van der Waals surface area contributed by atoms with E-state index in [4.69, 9.17) is 18.5 Å². The molecule has 0 radical (unpaired) electrons. The molecule has 0 aromatic rings. The molecule has 0 aliphatic heterocycles. The second-order valence-corrected chi connectivity index (χ2v) is 12.0. The number of ether oxygens (including phenoxy) is 2. The fraction of sp³-hybridized carbons (Fsp3) is 0.633. The van der Waals surface area contributed by atoms with Crippen molar-refractivity contribution < 1.29 is 46.8 Å². The molecule has 0 bridgehead atoms. The highest BCUT2D eigenvalue weighted by molar-refractivity contribution is 7.47. The molecule has 0 aliphatic rings. The molecule has 0 spiro atoms. The van der Waals surface area contributed by atoms with Gasteiger partial charge >= 0.3 is 19.8 Å². The Morgan fingerprint density at radius 3 is 2.22 bits per heavy atom. The monoisotopic (exact) mass is 600 g/mol. The van der Waals surface area contributed by atoms with Crippen LogP contribution in [-0.2, 0) is 37.5 Å². The number of quaternary nitrogens is 1. The van der Waals surface area contributed by atoms with Gasteiger partial charge in [-0.2, -0.15) is 0 Å². The Labute approximate surface area is 246 Å². The van der Waals surface area contributed by atoms with E-state index in [1.54, 1.807) is 6.08 Å². The van der Waals surface area contributed by atoms with E-state index < -0.39 is 32.5 Å². The summed E-state index contributed by atoms with van der Waals surface area (Å²) in [6, 6.07) is 0. The summed E-state index contributed by atoms with van der Waals surface area (Å²) < 4.78 is 32.6. The van der Waals surface area contributed by atoms with Crippen LogP contribution in [0.3, 0.4) is 0 Å². The zero-order valence-electron chi connectivity index (χ0n) is 25.5. The number of phosphoric ester groups is 1. The molecule has 0 aromatic heterocycles. The molecule has 41 heavy (non-hydrogen) atoms. The van der Waals surface area contributed by atoms with E-state index in [-0.39, 0.29) is 38.3 Å². The largest absolute Gasteiger partial charge is 0.472 e. The number of esters is 2. The lowest BCUT2D eigenvalue weighted by Gasteiger charge is -2.24. The average Bonchev–Trinajstić information content (AvgIpc) is 2.87. The first-order valence-corrected chi connectivity index (χ1v) is 15.8. The first-order chi connectivity index (χ1) is 19.3. The summed E-state index contributed by atoms with van der Waals surface area (Å²) >= 11 is 0. The summed E-state index contributed by atoms with van der Waals surface area (Å²) in [5.74, 6) is -1.38. The molecule has 10 nitrogen and oxygen atoms in total. The second-order valence-electron chi connectivity index (χ2n) is 10.5. The van der Waals surface area contributed by atoms with Crippen LogP contribution in [0, 0.1) is 0 Å². The number of carbonyl (C=O) groups excluding carboxylic acids is 3. The van der Waals surface area contributed by atoms with Crippen LogP contribution >= 0.6 is 7.82 Å². The zero-order valence-corrected chi connectivity index (χ0v) is 26.4. The molecule has 11 heteroatoms. The van der Waals surface area contributed by atoms with E-state index in [0.717, 1.165) is 19.3 Å². The minimum Gasteiger partial charge on any atom is -0.462 e. The highest BCUT2D eigenvalue weighted by Gasteiger charge is 2.26. The number of hydrogen-bond acceptors (Lipinski definition) is 8. The van der Waals surface area contributed by atoms with Gasteiger partial charge in [0, 0.05) is 19.8 Å². The molecule has 0 saturated heterocycles. The van der Waals surface area contributed by atoms with E-state index in [1.807, 2.05) is 33.3 Å². The quantitative estimate of drug-likeness (QED) is 0.0286. The third-order valence-corrected chi connectivity index (χ3v) is 6.38. The number of phosphoric acid groups is 1. The van der Waals surface area contributed by atoms with Crippen LogP contribution in [0.1, 0.15) is 71.6 Å². The zero-order chi connectivity index (χ0) is 31.0. The summed E-state index contributed by atoms with van der Waals surface area (Å²) in [7, 11) is 1.31. The SMILES string of the molecule is CCCCC/C=C\C/C=C\C/C=C\C=C\C(=O)CCCC(=O)O[C@H](COC(C)=O)COP(=O)(O)OCC[N+](C)(C)C. The van der Waals surface area contributed by atoms with Crippen LogP contribution in [-0.4, -0.2) is 80.7 Å². The summed E-state index contributed by atoms with van der Waals surface area (Å²) in [6.45, 7) is 2.99. The van der Waals surface area contributed by atoms with Gasteiger partial charge in [-0.05, 0) is 38.2 Å². The van der Waals surface area contributed by atoms with Crippen molar-refractivity contribution >= 4 is 25.5 Å². The first kappa shape index (κ1) is 38.6. The summed E-state index contributed by atoms with van der Waals surface area (Å²) in [4.78, 5) is 45.3. The van der Waals surface area contributed by atoms with Gasteiger partial charge in [0.1, 0.15) is 19.8 Å². The molecule has 0 fully saturated rings. The average molecular weight is 601 g/mol. The minimum atomic E-state index is -4.39. The minimum absolute atomic E-state index is 0.0158. The van der Waals surface area contributed by atoms with Gasteiger partial charge in [0.2, 0.25) is 0 Å². The Bertz CT molecular complexity index is 919. The Morgan fingerprint density at radius 2 is 1.56 bits per heavy atom. The van der Waals surface area contributed by atoms with Gasteiger partial charge < -0.3 is 18.9 Å². The van der Waals surface area contributed by atoms with E-state index >= 15 is 0 Å². The van der Waals surface area contributed by atoms with Crippen molar-refractivity contribution in [2.75, 3.05) is 47.5 Å². The van der Waals surface area contributed by atoms with Crippen molar-refractivity contribution in [2.45, 2.75) is 77.7 Å². The normalized spacial score (nSPS) is 14.7. The fourth-order valence-electron chi connectivity index (χ4n) is 3.10. The van der Waals surface area contributed by atoms with Crippen molar-refractivity contribution in [2.24, 2.45) is 0 Å². The Kier molecular flexibility index (Phi) is 21.9. The molecular formula is C30H51NO9P+. The predicted molar refractivity (Wildman–Crippen MR) is 160 cm³/mol. The fourth-order valence-corrected chi connectivity index (χ4v) is 3.84. The van der Waals surface area contributed by atoms with Gasteiger partial charge in [0.05, 0.1) is 27.7 Å². The van der Waals surface area contributed by atoms with E-state index in [2.05, 4.69) is 31.2 Å². The molecule has 0 rings (SSSR count). The third-order valence-electron chi connectivity index (χ3n) is 5.40. The topological polar surface area (TPSA) is 125 Å². The number of rotatable bonds is 24. The summed E-state index contributed by atoms with van der Waals surface area (Å²) in [5, 5.41) is 0. The summed E-state index contributed by atoms with van der Waals surface area (Å²) in [5.41, 5.74) is 0. The smallest absolute Gasteiger partial charge is 0.462 e. The van der Waals surface area contributed by atoms with Crippen molar-refractivity contribution in [3.63, 3.8) is 0 Å². The summed E-state index contributed by atoms with van der Waals surface area (Å²) in [6.07, 6.45) is 21.3. The van der Waals surface area contributed by atoms with Crippen molar-refractivity contribution in [3.8, 4) is 0 Å². The molecule has 0 aliphatic carbocycles. The maximum Gasteiger partial charge on any atom is 0.472 e. The highest BCUT2D eigenvalue weighted by atomic mass is 31.2. The number of nitrogens with zero attached hydrogens (tertiary/aromatic N) is 1.